The largest absolute Gasteiger partial charge is 0.385 e. The summed E-state index contributed by atoms with van der Waals surface area (Å²) in [5.41, 5.74) is 6.43. The number of rotatable bonds is 11. The lowest BCUT2D eigenvalue weighted by atomic mass is 9.88. The van der Waals surface area contributed by atoms with Crippen LogP contribution in [-0.4, -0.2) is 9.84 Å². The second-order valence-corrected chi connectivity index (χ2v) is 7.29. The lowest BCUT2D eigenvalue weighted by molar-refractivity contribution is 0.215. The minimum absolute atomic E-state index is 0.192. The van der Waals surface area contributed by atoms with Crippen LogP contribution in [0.25, 0.3) is 0 Å². The molecule has 0 spiro atoms. The quantitative estimate of drug-likeness (QED) is 0.377. The Hall–Kier alpha value is -0.570. The Morgan fingerprint density at radius 2 is 1.57 bits per heavy atom. The van der Waals surface area contributed by atoms with Gasteiger partial charge in [-0.05, 0) is 43.2 Å². The maximum absolute atomic E-state index is 6.24. The molecule has 0 saturated carbocycles. The van der Waals surface area contributed by atoms with Gasteiger partial charge in [0.1, 0.15) is 5.82 Å². The van der Waals surface area contributed by atoms with Crippen LogP contribution in [0, 0.1) is 0 Å². The van der Waals surface area contributed by atoms with Crippen LogP contribution in [0.5, 0.6) is 0 Å². The number of hydrogen-bond acceptors (Lipinski definition) is 3. The fourth-order valence-electron chi connectivity index (χ4n) is 2.99. The molecule has 0 radical (unpaired) electrons. The topological polar surface area (TPSA) is 29.3 Å². The SMILES string of the molecule is CCCCCCC(C)(CCCCCC)N1SC=CC=C1N. The molecule has 1 rings (SSSR count). The molecule has 0 saturated heterocycles. The van der Waals surface area contributed by atoms with Crippen molar-refractivity contribution in [3.8, 4) is 0 Å². The summed E-state index contributed by atoms with van der Waals surface area (Å²) in [6.07, 6.45) is 17.2. The van der Waals surface area contributed by atoms with E-state index in [1.54, 1.807) is 11.9 Å². The van der Waals surface area contributed by atoms with Gasteiger partial charge in [0.05, 0.1) is 5.54 Å². The van der Waals surface area contributed by atoms with Crippen molar-refractivity contribution in [3.05, 3.63) is 23.4 Å². The molecular formula is C18H34N2S. The highest BCUT2D eigenvalue weighted by Gasteiger charge is 2.32. The van der Waals surface area contributed by atoms with Crippen LogP contribution in [0.1, 0.15) is 85.0 Å². The molecule has 0 bridgehead atoms. The number of nitrogens with two attached hydrogens (primary N) is 1. The lowest BCUT2D eigenvalue weighted by Crippen LogP contribution is -2.43. The maximum atomic E-state index is 6.24. The highest BCUT2D eigenvalue weighted by molar-refractivity contribution is 8.00. The fraction of sp³-hybridized carbons (Fsp3) is 0.778. The Balaban J connectivity index is 2.59. The van der Waals surface area contributed by atoms with Crippen molar-refractivity contribution in [2.24, 2.45) is 5.73 Å². The van der Waals surface area contributed by atoms with Crippen LogP contribution < -0.4 is 5.73 Å². The summed E-state index contributed by atoms with van der Waals surface area (Å²) in [4.78, 5) is 0. The first-order valence-corrected chi connectivity index (χ1v) is 9.57. The molecule has 122 valence electrons. The van der Waals surface area contributed by atoms with Gasteiger partial charge in [-0.1, -0.05) is 71.3 Å². The second kappa shape index (κ2) is 10.2. The van der Waals surface area contributed by atoms with Gasteiger partial charge in [0, 0.05) is 0 Å². The van der Waals surface area contributed by atoms with E-state index in [0.29, 0.717) is 0 Å². The van der Waals surface area contributed by atoms with Gasteiger partial charge in [-0.15, -0.1) is 0 Å². The number of nitrogens with zero attached hydrogens (tertiary/aromatic N) is 1. The Bertz CT molecular complexity index is 324. The van der Waals surface area contributed by atoms with Crippen molar-refractivity contribution in [2.45, 2.75) is 90.5 Å². The molecule has 0 unspecified atom stereocenters. The van der Waals surface area contributed by atoms with E-state index in [-0.39, 0.29) is 5.54 Å². The third kappa shape index (κ3) is 6.37. The van der Waals surface area contributed by atoms with E-state index in [1.807, 2.05) is 12.2 Å². The van der Waals surface area contributed by atoms with Crippen LogP contribution in [0.3, 0.4) is 0 Å². The van der Waals surface area contributed by atoms with E-state index in [1.165, 1.54) is 64.2 Å². The fourth-order valence-corrected chi connectivity index (χ4v) is 3.88. The highest BCUT2D eigenvalue weighted by atomic mass is 32.2. The zero-order chi connectivity index (χ0) is 15.6. The van der Waals surface area contributed by atoms with E-state index < -0.39 is 0 Å². The van der Waals surface area contributed by atoms with Crippen molar-refractivity contribution in [3.63, 3.8) is 0 Å². The molecule has 1 aliphatic rings. The van der Waals surface area contributed by atoms with Crippen LogP contribution in [0.15, 0.2) is 23.4 Å². The van der Waals surface area contributed by atoms with Gasteiger partial charge >= 0.3 is 0 Å². The van der Waals surface area contributed by atoms with Crippen LogP contribution in [0.2, 0.25) is 0 Å². The van der Waals surface area contributed by atoms with Gasteiger partial charge in [0.25, 0.3) is 0 Å². The molecule has 3 heteroatoms. The van der Waals surface area contributed by atoms with E-state index in [0.717, 1.165) is 5.82 Å². The third-order valence-electron chi connectivity index (χ3n) is 4.37. The number of hydrogen-bond donors (Lipinski definition) is 1. The highest BCUT2D eigenvalue weighted by Crippen LogP contribution is 2.37. The van der Waals surface area contributed by atoms with E-state index in [9.17, 15) is 0 Å². The molecule has 0 aliphatic carbocycles. The first-order valence-electron chi connectivity index (χ1n) is 8.73. The molecule has 0 aromatic heterocycles. The summed E-state index contributed by atoms with van der Waals surface area (Å²) >= 11 is 1.77. The Morgan fingerprint density at radius 1 is 1.00 bits per heavy atom. The van der Waals surface area contributed by atoms with Gasteiger partial charge < -0.3 is 5.73 Å². The van der Waals surface area contributed by atoms with Crippen molar-refractivity contribution < 1.29 is 0 Å². The molecule has 0 atom stereocenters. The first-order chi connectivity index (χ1) is 10.1. The number of unbranched alkanes of at least 4 members (excludes halogenated alkanes) is 6. The summed E-state index contributed by atoms with van der Waals surface area (Å²) in [6, 6.07) is 0. The van der Waals surface area contributed by atoms with Gasteiger partial charge in [0.2, 0.25) is 0 Å². The van der Waals surface area contributed by atoms with E-state index >= 15 is 0 Å². The van der Waals surface area contributed by atoms with Crippen LogP contribution in [0.4, 0.5) is 0 Å². The van der Waals surface area contributed by atoms with Gasteiger partial charge in [-0.25, -0.2) is 0 Å². The van der Waals surface area contributed by atoms with Gasteiger partial charge in [0.15, 0.2) is 0 Å². The summed E-state index contributed by atoms with van der Waals surface area (Å²) in [7, 11) is 0. The van der Waals surface area contributed by atoms with Crippen molar-refractivity contribution >= 4 is 11.9 Å². The molecule has 0 aromatic carbocycles. The van der Waals surface area contributed by atoms with Crippen molar-refractivity contribution in [1.82, 2.24) is 4.31 Å². The summed E-state index contributed by atoms with van der Waals surface area (Å²) < 4.78 is 2.35. The molecule has 2 nitrogen and oxygen atoms in total. The average molecular weight is 311 g/mol. The predicted octanol–water partition coefficient (Wildman–Crippen LogP) is 5.96. The summed E-state index contributed by atoms with van der Waals surface area (Å²) in [5.74, 6) is 0.913. The van der Waals surface area contributed by atoms with Crippen molar-refractivity contribution in [2.75, 3.05) is 0 Å². The van der Waals surface area contributed by atoms with Crippen LogP contribution in [-0.2, 0) is 0 Å². The Kier molecular flexibility index (Phi) is 8.98. The monoisotopic (exact) mass is 310 g/mol. The predicted molar refractivity (Wildman–Crippen MR) is 96.8 cm³/mol. The molecule has 0 aromatic rings. The maximum Gasteiger partial charge on any atom is 0.109 e. The first kappa shape index (κ1) is 18.5. The molecule has 0 amide bonds. The second-order valence-electron chi connectivity index (χ2n) is 6.44. The molecular weight excluding hydrogens is 276 g/mol. The summed E-state index contributed by atoms with van der Waals surface area (Å²) in [6.45, 7) is 6.95. The molecule has 1 heterocycles. The summed E-state index contributed by atoms with van der Waals surface area (Å²) in [5, 5.41) is 2.15. The van der Waals surface area contributed by atoms with Gasteiger partial charge in [-0.2, -0.15) is 0 Å². The Morgan fingerprint density at radius 3 is 2.05 bits per heavy atom. The third-order valence-corrected chi connectivity index (χ3v) is 5.52. The normalized spacial score (nSPS) is 15.4. The zero-order valence-corrected chi connectivity index (χ0v) is 15.1. The lowest BCUT2D eigenvalue weighted by Gasteiger charge is -2.42. The van der Waals surface area contributed by atoms with Crippen LogP contribution >= 0.6 is 11.9 Å². The molecule has 21 heavy (non-hydrogen) atoms. The van der Waals surface area contributed by atoms with Crippen molar-refractivity contribution in [1.29, 1.82) is 0 Å². The molecule has 2 N–H and O–H groups in total. The minimum atomic E-state index is 0.192. The molecule has 1 aliphatic heterocycles. The van der Waals surface area contributed by atoms with Gasteiger partial charge in [-0.3, -0.25) is 4.31 Å². The smallest absolute Gasteiger partial charge is 0.109 e. The minimum Gasteiger partial charge on any atom is -0.385 e. The zero-order valence-electron chi connectivity index (χ0n) is 14.2. The standard InChI is InChI=1S/C18H34N2S/c1-4-6-8-10-14-18(3,15-11-9-7-5-2)20-17(19)13-12-16-21-20/h12-13,16H,4-11,14-15,19H2,1-3H3. The van der Waals surface area contributed by atoms with E-state index in [2.05, 4.69) is 30.5 Å². The average Bonchev–Trinajstić information content (AvgIpc) is 2.49. The molecule has 0 fully saturated rings. The Labute approximate surface area is 136 Å². The number of allylic oxidation sites excluding steroid dienone is 2. The van der Waals surface area contributed by atoms with E-state index in [4.69, 9.17) is 5.73 Å².